The molecule has 0 aliphatic carbocycles. The van der Waals surface area contributed by atoms with E-state index in [1.165, 1.54) is 12.3 Å². The molecular weight excluding hydrogens is 262 g/mol. The van der Waals surface area contributed by atoms with Crippen molar-refractivity contribution in [2.45, 2.75) is 6.42 Å². The first-order valence-electron chi connectivity index (χ1n) is 5.97. The molecule has 0 radical (unpaired) electrons. The second-order valence-corrected chi connectivity index (χ2v) is 4.36. The first kappa shape index (κ1) is 12.3. The van der Waals surface area contributed by atoms with Crippen LogP contribution in [-0.2, 0) is 6.42 Å². The molecule has 0 saturated heterocycles. The zero-order valence-electron chi connectivity index (χ0n) is 10.4. The van der Waals surface area contributed by atoms with Gasteiger partial charge in [-0.25, -0.2) is 9.36 Å². The van der Waals surface area contributed by atoms with Crippen LogP contribution in [0.3, 0.4) is 0 Å². The Hall–Kier alpha value is -2.76. The zero-order valence-corrected chi connectivity index (χ0v) is 10.4. The van der Waals surface area contributed by atoms with Crippen LogP contribution >= 0.6 is 0 Å². The molecule has 1 aliphatic heterocycles. The standard InChI is InChI=1S/C14H11NO5/c16-13-10(2-1-5-15(13)14(17)18)6-9-3-4-11-12(7-9)20-8-19-11/h1-5,7H,6,8H2,(H,17,18). The molecule has 0 saturated carbocycles. The number of benzene rings is 1. The van der Waals surface area contributed by atoms with Gasteiger partial charge in [0.15, 0.2) is 11.5 Å². The molecule has 3 rings (SSSR count). The fourth-order valence-corrected chi connectivity index (χ4v) is 2.09. The molecule has 6 nitrogen and oxygen atoms in total. The quantitative estimate of drug-likeness (QED) is 0.901. The molecular formula is C14H11NO5. The molecule has 0 spiro atoms. The number of hydrogen-bond acceptors (Lipinski definition) is 4. The van der Waals surface area contributed by atoms with Gasteiger partial charge in [0.1, 0.15) is 0 Å². The summed E-state index contributed by atoms with van der Waals surface area (Å²) < 4.78 is 11.2. The van der Waals surface area contributed by atoms with Crippen LogP contribution in [0.4, 0.5) is 4.79 Å². The van der Waals surface area contributed by atoms with Gasteiger partial charge in [0.2, 0.25) is 6.79 Å². The Morgan fingerprint density at radius 1 is 1.25 bits per heavy atom. The van der Waals surface area contributed by atoms with Crippen molar-refractivity contribution in [1.29, 1.82) is 0 Å². The lowest BCUT2D eigenvalue weighted by molar-refractivity contribution is 0.174. The monoisotopic (exact) mass is 273 g/mol. The van der Waals surface area contributed by atoms with Crippen molar-refractivity contribution >= 4 is 6.09 Å². The first-order valence-corrected chi connectivity index (χ1v) is 5.97. The highest BCUT2D eigenvalue weighted by Gasteiger charge is 2.14. The van der Waals surface area contributed by atoms with Crippen LogP contribution in [0.25, 0.3) is 0 Å². The summed E-state index contributed by atoms with van der Waals surface area (Å²) in [5, 5.41) is 8.91. The third kappa shape index (κ3) is 2.11. The Kier molecular flexibility index (Phi) is 2.90. The van der Waals surface area contributed by atoms with Gasteiger partial charge in [0.25, 0.3) is 5.56 Å². The molecule has 2 heterocycles. The smallest absolute Gasteiger partial charge is 0.418 e. The van der Waals surface area contributed by atoms with Crippen LogP contribution in [0.2, 0.25) is 0 Å². The maximum absolute atomic E-state index is 12.0. The predicted molar refractivity (Wildman–Crippen MR) is 69.5 cm³/mol. The van der Waals surface area contributed by atoms with E-state index >= 15 is 0 Å². The summed E-state index contributed by atoms with van der Waals surface area (Å²) in [6.45, 7) is 0.190. The van der Waals surface area contributed by atoms with Crippen molar-refractivity contribution < 1.29 is 19.4 Å². The number of ether oxygens (including phenoxy) is 2. The van der Waals surface area contributed by atoms with Crippen LogP contribution in [0.5, 0.6) is 11.5 Å². The number of fused-ring (bicyclic) bond motifs is 1. The van der Waals surface area contributed by atoms with Crippen LogP contribution in [-0.4, -0.2) is 22.6 Å². The highest BCUT2D eigenvalue weighted by atomic mass is 16.7. The van der Waals surface area contributed by atoms with E-state index < -0.39 is 11.7 Å². The van der Waals surface area contributed by atoms with Gasteiger partial charge >= 0.3 is 6.09 Å². The van der Waals surface area contributed by atoms with Gasteiger partial charge < -0.3 is 14.6 Å². The van der Waals surface area contributed by atoms with Crippen molar-refractivity contribution in [1.82, 2.24) is 4.57 Å². The normalized spacial score (nSPS) is 12.4. The third-order valence-electron chi connectivity index (χ3n) is 3.06. The van der Waals surface area contributed by atoms with Crippen LogP contribution in [0.15, 0.2) is 41.3 Å². The van der Waals surface area contributed by atoms with E-state index in [0.717, 1.165) is 5.56 Å². The van der Waals surface area contributed by atoms with E-state index in [9.17, 15) is 9.59 Å². The number of rotatable bonds is 2. The summed E-state index contributed by atoms with van der Waals surface area (Å²) >= 11 is 0. The summed E-state index contributed by atoms with van der Waals surface area (Å²) in [5.74, 6) is 1.31. The minimum Gasteiger partial charge on any atom is -0.464 e. The lowest BCUT2D eigenvalue weighted by Gasteiger charge is -2.05. The minimum absolute atomic E-state index is 0.190. The molecule has 102 valence electrons. The summed E-state index contributed by atoms with van der Waals surface area (Å²) in [6, 6.07) is 8.55. The summed E-state index contributed by atoms with van der Waals surface area (Å²) in [7, 11) is 0. The number of pyridine rings is 1. The van der Waals surface area contributed by atoms with E-state index in [-0.39, 0.29) is 6.79 Å². The largest absolute Gasteiger partial charge is 0.464 e. The van der Waals surface area contributed by atoms with Crippen molar-refractivity contribution in [2.75, 3.05) is 6.79 Å². The molecule has 2 aromatic rings. The highest BCUT2D eigenvalue weighted by Crippen LogP contribution is 2.32. The summed E-state index contributed by atoms with van der Waals surface area (Å²) in [6.07, 6.45) is 0.278. The number of aromatic nitrogens is 1. The van der Waals surface area contributed by atoms with Crippen LogP contribution in [0.1, 0.15) is 11.1 Å². The van der Waals surface area contributed by atoms with Gasteiger partial charge in [-0.15, -0.1) is 0 Å². The Morgan fingerprint density at radius 3 is 2.85 bits per heavy atom. The maximum Gasteiger partial charge on any atom is 0.418 e. The maximum atomic E-state index is 12.0. The number of carboxylic acid groups (broad SMARTS) is 1. The fraction of sp³-hybridized carbons (Fsp3) is 0.143. The number of nitrogens with zero attached hydrogens (tertiary/aromatic N) is 1. The Bertz CT molecular complexity index is 735. The van der Waals surface area contributed by atoms with E-state index in [1.807, 2.05) is 6.07 Å². The van der Waals surface area contributed by atoms with Gasteiger partial charge in [-0.05, 0) is 23.8 Å². The Balaban J connectivity index is 1.94. The SMILES string of the molecule is O=C(O)n1cccc(Cc2ccc3c(c2)OCO3)c1=O. The molecule has 0 unspecified atom stereocenters. The van der Waals surface area contributed by atoms with Crippen molar-refractivity contribution in [3.05, 3.63) is 58.0 Å². The second kappa shape index (κ2) is 4.73. The molecule has 0 fully saturated rings. The van der Waals surface area contributed by atoms with Gasteiger partial charge in [0, 0.05) is 18.2 Å². The molecule has 0 amide bonds. The van der Waals surface area contributed by atoms with Gasteiger partial charge in [-0.1, -0.05) is 12.1 Å². The first-order chi connectivity index (χ1) is 9.65. The average Bonchev–Trinajstić information content (AvgIpc) is 2.88. The lowest BCUT2D eigenvalue weighted by Crippen LogP contribution is -2.27. The number of hydrogen-bond donors (Lipinski definition) is 1. The molecule has 1 aromatic carbocycles. The molecule has 6 heteroatoms. The second-order valence-electron chi connectivity index (χ2n) is 4.36. The van der Waals surface area contributed by atoms with E-state index in [4.69, 9.17) is 14.6 Å². The Labute approximate surface area is 113 Å². The van der Waals surface area contributed by atoms with Gasteiger partial charge in [0.05, 0.1) is 0 Å². The zero-order chi connectivity index (χ0) is 14.1. The number of carbonyl (C=O) groups is 1. The highest BCUT2D eigenvalue weighted by molar-refractivity contribution is 5.67. The van der Waals surface area contributed by atoms with Crippen molar-refractivity contribution in [2.24, 2.45) is 0 Å². The molecule has 0 atom stereocenters. The molecule has 1 aromatic heterocycles. The van der Waals surface area contributed by atoms with Crippen LogP contribution in [0, 0.1) is 0 Å². The third-order valence-corrected chi connectivity index (χ3v) is 3.06. The van der Waals surface area contributed by atoms with Gasteiger partial charge in [-0.3, -0.25) is 4.79 Å². The van der Waals surface area contributed by atoms with E-state index in [0.29, 0.717) is 28.1 Å². The molecule has 0 bridgehead atoms. The van der Waals surface area contributed by atoms with E-state index in [2.05, 4.69) is 0 Å². The molecule has 20 heavy (non-hydrogen) atoms. The van der Waals surface area contributed by atoms with Gasteiger partial charge in [-0.2, -0.15) is 0 Å². The Morgan fingerprint density at radius 2 is 2.05 bits per heavy atom. The minimum atomic E-state index is -1.29. The topological polar surface area (TPSA) is 77.8 Å². The summed E-state index contributed by atoms with van der Waals surface area (Å²) in [5.41, 5.74) is 0.737. The molecule has 1 aliphatic rings. The predicted octanol–water partition coefficient (Wildman–Crippen LogP) is 1.69. The van der Waals surface area contributed by atoms with Crippen molar-refractivity contribution in [3.8, 4) is 11.5 Å². The van der Waals surface area contributed by atoms with E-state index in [1.54, 1.807) is 18.2 Å². The van der Waals surface area contributed by atoms with Crippen LogP contribution < -0.4 is 15.0 Å². The summed E-state index contributed by atoms with van der Waals surface area (Å²) in [4.78, 5) is 22.9. The lowest BCUT2D eigenvalue weighted by atomic mass is 10.1. The van der Waals surface area contributed by atoms with Crippen molar-refractivity contribution in [3.63, 3.8) is 0 Å². The molecule has 1 N–H and O–H groups in total. The fourth-order valence-electron chi connectivity index (χ4n) is 2.09. The average molecular weight is 273 g/mol.